The first-order valence-electron chi connectivity index (χ1n) is 13.5. The molecule has 0 unspecified atom stereocenters. The van der Waals surface area contributed by atoms with E-state index in [4.69, 9.17) is 21.1 Å². The summed E-state index contributed by atoms with van der Waals surface area (Å²) >= 11 is 6.50. The van der Waals surface area contributed by atoms with E-state index in [9.17, 15) is 31.5 Å². The highest BCUT2D eigenvalue weighted by atomic mass is 35.5. The minimum Gasteiger partial charge on any atom is -0.444 e. The van der Waals surface area contributed by atoms with Crippen molar-refractivity contribution in [3.05, 3.63) is 28.7 Å². The van der Waals surface area contributed by atoms with Crippen LogP contribution >= 0.6 is 11.6 Å². The fourth-order valence-corrected chi connectivity index (χ4v) is 5.56. The molecule has 2 aliphatic rings. The molecule has 2 aromatic rings. The van der Waals surface area contributed by atoms with E-state index in [-0.39, 0.29) is 61.0 Å². The second kappa shape index (κ2) is 12.0. The molecule has 2 aromatic heterocycles. The number of carbonyl (C=O) groups is 2. The Kier molecular flexibility index (Phi) is 9.12. The van der Waals surface area contributed by atoms with Crippen LogP contribution in [-0.4, -0.2) is 75.6 Å². The fourth-order valence-electron chi connectivity index (χ4n) is 5.30. The van der Waals surface area contributed by atoms with E-state index >= 15 is 0 Å². The van der Waals surface area contributed by atoms with Crippen molar-refractivity contribution < 1.29 is 41.0 Å². The van der Waals surface area contributed by atoms with E-state index in [2.05, 4.69) is 15.4 Å². The molecule has 0 aromatic carbocycles. The third-order valence-electron chi connectivity index (χ3n) is 7.34. The van der Waals surface area contributed by atoms with E-state index in [0.717, 1.165) is 4.90 Å². The van der Waals surface area contributed by atoms with Crippen molar-refractivity contribution >= 4 is 29.4 Å². The highest BCUT2D eigenvalue weighted by molar-refractivity contribution is 6.30. The van der Waals surface area contributed by atoms with Crippen LogP contribution in [-0.2, 0) is 9.47 Å². The van der Waals surface area contributed by atoms with Crippen LogP contribution in [0.15, 0.2) is 12.3 Å². The van der Waals surface area contributed by atoms with Crippen molar-refractivity contribution in [2.24, 2.45) is 5.92 Å². The summed E-state index contributed by atoms with van der Waals surface area (Å²) in [4.78, 5) is 30.9. The monoisotopic (exact) mass is 624 g/mol. The number of amides is 3. The van der Waals surface area contributed by atoms with Crippen LogP contribution in [0.5, 0.6) is 0 Å². The third-order valence-corrected chi connectivity index (χ3v) is 7.63. The highest BCUT2D eigenvalue weighted by Crippen LogP contribution is 2.42. The first-order chi connectivity index (χ1) is 19.5. The molecule has 234 valence electrons. The normalized spacial score (nSPS) is 21.3. The molecule has 3 atom stereocenters. The predicted molar refractivity (Wildman–Crippen MR) is 141 cm³/mol. The number of imidazole rings is 1. The summed E-state index contributed by atoms with van der Waals surface area (Å²) < 4.78 is 79.8. The Morgan fingerprint density at radius 1 is 1.26 bits per heavy atom. The number of alkyl carbamates (subject to hydrolysis) is 1. The van der Waals surface area contributed by atoms with Gasteiger partial charge in [-0.1, -0.05) is 11.6 Å². The second-order valence-corrected chi connectivity index (χ2v) is 12.0. The molecule has 1 saturated heterocycles. The Labute approximate surface area is 244 Å². The molecular weight excluding hydrogens is 591 g/mol. The SMILES string of the molecule is COCC[C@H](c1cc2nc([C@@H](NC(=O)OC(C)(C)C)C3CCC(F)(F)CC3)cn2nc1Cl)N1C[C@@H](C(F)(F)F)NC1=O. The molecule has 3 heterocycles. The van der Waals surface area contributed by atoms with Gasteiger partial charge in [0.15, 0.2) is 10.8 Å². The number of rotatable bonds is 8. The van der Waals surface area contributed by atoms with E-state index in [1.54, 1.807) is 20.8 Å². The first kappa shape index (κ1) is 32.0. The van der Waals surface area contributed by atoms with Crippen LogP contribution in [0.2, 0.25) is 5.15 Å². The maximum absolute atomic E-state index is 13.9. The van der Waals surface area contributed by atoms with E-state index < -0.39 is 54.5 Å². The summed E-state index contributed by atoms with van der Waals surface area (Å²) in [6.45, 7) is 4.56. The Balaban J connectivity index is 1.68. The van der Waals surface area contributed by atoms with Gasteiger partial charge in [-0.05, 0) is 52.0 Å². The van der Waals surface area contributed by atoms with E-state index in [1.807, 2.05) is 5.32 Å². The molecular formula is C26H34ClF5N6O4. The zero-order valence-electron chi connectivity index (χ0n) is 23.6. The Morgan fingerprint density at radius 3 is 2.50 bits per heavy atom. The maximum Gasteiger partial charge on any atom is 0.410 e. The molecule has 1 saturated carbocycles. The minimum absolute atomic E-state index is 0.0789. The summed E-state index contributed by atoms with van der Waals surface area (Å²) in [5.74, 6) is -3.17. The topological polar surface area (TPSA) is 110 Å². The van der Waals surface area contributed by atoms with Crippen molar-refractivity contribution in [3.63, 3.8) is 0 Å². The second-order valence-electron chi connectivity index (χ2n) is 11.7. The summed E-state index contributed by atoms with van der Waals surface area (Å²) in [5.41, 5.74) is 0.00364. The summed E-state index contributed by atoms with van der Waals surface area (Å²) in [5, 5.41) is 8.96. The number of alkyl halides is 5. The van der Waals surface area contributed by atoms with Gasteiger partial charge in [0.2, 0.25) is 5.92 Å². The highest BCUT2D eigenvalue weighted by Gasteiger charge is 2.49. The number of nitrogens with one attached hydrogen (secondary N) is 2. The third kappa shape index (κ3) is 7.52. The number of halogens is 6. The number of urea groups is 1. The summed E-state index contributed by atoms with van der Waals surface area (Å²) in [7, 11) is 1.42. The fraction of sp³-hybridized carbons (Fsp3) is 0.692. The van der Waals surface area contributed by atoms with Gasteiger partial charge in [0.25, 0.3) is 0 Å². The Hall–Kier alpha value is -2.94. The van der Waals surface area contributed by atoms with Crippen molar-refractivity contribution in [2.75, 3.05) is 20.3 Å². The molecule has 2 N–H and O–H groups in total. The maximum atomic E-state index is 13.9. The zero-order valence-corrected chi connectivity index (χ0v) is 24.4. The Morgan fingerprint density at radius 2 is 1.93 bits per heavy atom. The summed E-state index contributed by atoms with van der Waals surface area (Å²) in [6, 6.07) is -3.16. The van der Waals surface area contributed by atoms with Crippen LogP contribution in [0.1, 0.15) is 76.2 Å². The van der Waals surface area contributed by atoms with Crippen molar-refractivity contribution in [1.82, 2.24) is 30.1 Å². The Bertz CT molecular complexity index is 1290. The van der Waals surface area contributed by atoms with Gasteiger partial charge in [-0.25, -0.2) is 27.9 Å². The van der Waals surface area contributed by atoms with Crippen molar-refractivity contribution in [2.45, 2.75) is 88.7 Å². The number of ether oxygens (including phenoxy) is 2. The molecule has 0 radical (unpaired) electrons. The van der Waals surface area contributed by atoms with Crippen molar-refractivity contribution in [1.29, 1.82) is 0 Å². The average molecular weight is 625 g/mol. The molecule has 1 aliphatic heterocycles. The molecule has 2 fully saturated rings. The van der Waals surface area contributed by atoms with Crippen LogP contribution < -0.4 is 10.6 Å². The number of methoxy groups -OCH3 is 1. The van der Waals surface area contributed by atoms with Crippen LogP contribution in [0.4, 0.5) is 31.5 Å². The number of hydrogen-bond acceptors (Lipinski definition) is 6. The van der Waals surface area contributed by atoms with Crippen LogP contribution in [0.3, 0.4) is 0 Å². The van der Waals surface area contributed by atoms with Gasteiger partial charge < -0.3 is 25.0 Å². The van der Waals surface area contributed by atoms with E-state index in [0.29, 0.717) is 5.69 Å². The van der Waals surface area contributed by atoms with Gasteiger partial charge in [0.1, 0.15) is 11.6 Å². The van der Waals surface area contributed by atoms with Gasteiger partial charge in [0.05, 0.1) is 30.5 Å². The van der Waals surface area contributed by atoms with Gasteiger partial charge in [-0.3, -0.25) is 0 Å². The summed E-state index contributed by atoms with van der Waals surface area (Å²) in [6.07, 6.45) is -4.18. The molecule has 10 nitrogen and oxygen atoms in total. The van der Waals surface area contributed by atoms with Crippen LogP contribution in [0, 0.1) is 5.92 Å². The standard InChI is InChI=1S/C26H34ClF5N6O4/c1-24(2,3)42-23(40)35-20(14-5-8-25(28,29)9-6-14)16-12-38-19(33-16)11-15(21(27)36-38)17(7-10-41-4)37-13-18(26(30,31)32)34-22(37)39/h11-12,14,17-18,20H,5-10,13H2,1-4H3,(H,34,39)(H,35,40)/t17-,18+,20+/m1/s1. The molecule has 16 heteroatoms. The molecule has 3 amide bonds. The van der Waals surface area contributed by atoms with E-state index in [1.165, 1.54) is 23.9 Å². The lowest BCUT2D eigenvalue weighted by Gasteiger charge is -2.33. The number of nitrogens with zero attached hydrogens (tertiary/aromatic N) is 4. The molecule has 0 spiro atoms. The smallest absolute Gasteiger partial charge is 0.410 e. The quantitative estimate of drug-likeness (QED) is 0.359. The first-order valence-corrected chi connectivity index (χ1v) is 13.9. The number of carbonyl (C=O) groups excluding carboxylic acids is 2. The molecule has 42 heavy (non-hydrogen) atoms. The lowest BCUT2D eigenvalue weighted by atomic mass is 9.81. The van der Waals surface area contributed by atoms with Gasteiger partial charge in [-0.15, -0.1) is 0 Å². The molecule has 1 aliphatic carbocycles. The van der Waals surface area contributed by atoms with Crippen molar-refractivity contribution in [3.8, 4) is 0 Å². The minimum atomic E-state index is -4.64. The number of hydrogen-bond donors (Lipinski definition) is 2. The largest absolute Gasteiger partial charge is 0.444 e. The lowest BCUT2D eigenvalue weighted by molar-refractivity contribution is -0.150. The molecule has 0 bridgehead atoms. The number of aromatic nitrogens is 3. The lowest BCUT2D eigenvalue weighted by Crippen LogP contribution is -2.40. The number of fused-ring (bicyclic) bond motifs is 1. The predicted octanol–water partition coefficient (Wildman–Crippen LogP) is 5.81. The molecule has 4 rings (SSSR count). The zero-order chi connectivity index (χ0) is 31.0. The van der Waals surface area contributed by atoms with Gasteiger partial charge >= 0.3 is 18.3 Å². The van der Waals surface area contributed by atoms with Gasteiger partial charge in [-0.2, -0.15) is 18.3 Å². The van der Waals surface area contributed by atoms with Gasteiger partial charge in [0, 0.05) is 32.1 Å². The van der Waals surface area contributed by atoms with Crippen LogP contribution in [0.25, 0.3) is 5.65 Å². The average Bonchev–Trinajstić information content (AvgIpc) is 3.45.